The molecule has 0 amide bonds. The molecule has 0 radical (unpaired) electrons. The molecule has 0 saturated heterocycles. The smallest absolute Gasteiger partial charge is 0.0726 e. The molecule has 0 spiro atoms. The van der Waals surface area contributed by atoms with Crippen molar-refractivity contribution >= 4 is 0 Å². The van der Waals surface area contributed by atoms with Crippen molar-refractivity contribution in [1.82, 2.24) is 0 Å². The van der Waals surface area contributed by atoms with Crippen molar-refractivity contribution in [2.75, 3.05) is 0 Å². The Morgan fingerprint density at radius 3 is 2.62 bits per heavy atom. The Hall–Kier alpha value is -0.560. The van der Waals surface area contributed by atoms with Crippen LogP contribution in [0.5, 0.6) is 0 Å². The molecule has 2 aliphatic carbocycles. The lowest BCUT2D eigenvalue weighted by Gasteiger charge is -2.23. The molecule has 1 nitrogen and oxygen atoms in total. The molecule has 0 aromatic rings. The van der Waals surface area contributed by atoms with Gasteiger partial charge in [0.2, 0.25) is 0 Å². The fraction of sp³-hybridized carbons (Fsp3) is 0.733. The van der Waals surface area contributed by atoms with Crippen LogP contribution in [0.25, 0.3) is 0 Å². The number of rotatable bonds is 0. The fourth-order valence-corrected chi connectivity index (χ4v) is 3.48. The Morgan fingerprint density at radius 1 is 1.31 bits per heavy atom. The Labute approximate surface area is 99.3 Å². The van der Waals surface area contributed by atoms with Gasteiger partial charge in [0, 0.05) is 0 Å². The minimum Gasteiger partial charge on any atom is -0.389 e. The van der Waals surface area contributed by atoms with Crippen molar-refractivity contribution in [1.29, 1.82) is 0 Å². The molecule has 2 rings (SSSR count). The van der Waals surface area contributed by atoms with Gasteiger partial charge < -0.3 is 5.11 Å². The van der Waals surface area contributed by atoms with Crippen LogP contribution in [-0.4, -0.2) is 11.2 Å². The van der Waals surface area contributed by atoms with Crippen molar-refractivity contribution in [2.45, 2.75) is 53.1 Å². The highest BCUT2D eigenvalue weighted by atomic mass is 16.3. The third-order valence-corrected chi connectivity index (χ3v) is 4.56. The molecule has 0 aromatic carbocycles. The number of aliphatic hydroxyl groups is 1. The molecular weight excluding hydrogens is 196 g/mol. The van der Waals surface area contributed by atoms with E-state index in [1.54, 1.807) is 5.57 Å². The lowest BCUT2D eigenvalue weighted by molar-refractivity contribution is 0.172. The van der Waals surface area contributed by atoms with E-state index in [1.807, 2.05) is 0 Å². The van der Waals surface area contributed by atoms with Gasteiger partial charge in [-0.15, -0.1) is 0 Å². The average Bonchev–Trinajstić information content (AvgIpc) is 2.57. The summed E-state index contributed by atoms with van der Waals surface area (Å²) in [5.74, 6) is 2.10. The molecule has 2 aliphatic rings. The SMILES string of the molecule is CC1=CC(O)CC(C)C2CC(=C(C)C)CC12. The van der Waals surface area contributed by atoms with Gasteiger partial charge in [-0.3, -0.25) is 0 Å². The zero-order chi connectivity index (χ0) is 11.9. The zero-order valence-electron chi connectivity index (χ0n) is 11.0. The molecule has 0 bridgehead atoms. The van der Waals surface area contributed by atoms with Gasteiger partial charge in [-0.25, -0.2) is 0 Å². The maximum atomic E-state index is 9.87. The van der Waals surface area contributed by atoms with Crippen molar-refractivity contribution in [2.24, 2.45) is 17.8 Å². The van der Waals surface area contributed by atoms with E-state index in [2.05, 4.69) is 33.8 Å². The molecule has 1 saturated carbocycles. The van der Waals surface area contributed by atoms with Gasteiger partial charge in [-0.05, 0) is 57.8 Å². The zero-order valence-corrected chi connectivity index (χ0v) is 11.0. The Bertz CT molecular complexity index is 333. The molecular formula is C15H24O. The van der Waals surface area contributed by atoms with Crippen LogP contribution in [0.15, 0.2) is 22.8 Å². The first kappa shape index (κ1) is 11.9. The molecule has 16 heavy (non-hydrogen) atoms. The fourth-order valence-electron chi connectivity index (χ4n) is 3.48. The molecule has 0 aromatic heterocycles. The van der Waals surface area contributed by atoms with E-state index < -0.39 is 0 Å². The van der Waals surface area contributed by atoms with Gasteiger partial charge in [0.1, 0.15) is 0 Å². The molecule has 90 valence electrons. The van der Waals surface area contributed by atoms with E-state index in [0.717, 1.165) is 12.3 Å². The Balaban J connectivity index is 2.29. The lowest BCUT2D eigenvalue weighted by atomic mass is 9.82. The van der Waals surface area contributed by atoms with E-state index in [-0.39, 0.29) is 6.10 Å². The first-order chi connectivity index (χ1) is 7.49. The second kappa shape index (κ2) is 4.37. The number of aliphatic hydroxyl groups excluding tert-OH is 1. The first-order valence-corrected chi connectivity index (χ1v) is 6.50. The quantitative estimate of drug-likeness (QED) is 0.617. The minimum atomic E-state index is -0.212. The van der Waals surface area contributed by atoms with E-state index >= 15 is 0 Å². The number of hydrogen-bond donors (Lipinski definition) is 1. The van der Waals surface area contributed by atoms with Crippen LogP contribution >= 0.6 is 0 Å². The Morgan fingerprint density at radius 2 is 2.00 bits per heavy atom. The van der Waals surface area contributed by atoms with E-state index in [1.165, 1.54) is 24.0 Å². The van der Waals surface area contributed by atoms with Gasteiger partial charge in [-0.2, -0.15) is 0 Å². The van der Waals surface area contributed by atoms with Gasteiger partial charge in [0.15, 0.2) is 0 Å². The highest BCUT2D eigenvalue weighted by molar-refractivity contribution is 5.24. The maximum Gasteiger partial charge on any atom is 0.0726 e. The first-order valence-electron chi connectivity index (χ1n) is 6.50. The minimum absolute atomic E-state index is 0.212. The highest BCUT2D eigenvalue weighted by Crippen LogP contribution is 2.47. The molecule has 1 fully saturated rings. The molecule has 4 unspecified atom stereocenters. The van der Waals surface area contributed by atoms with Crippen molar-refractivity contribution in [3.05, 3.63) is 22.8 Å². The van der Waals surface area contributed by atoms with E-state index in [4.69, 9.17) is 0 Å². The summed E-state index contributed by atoms with van der Waals surface area (Å²) in [7, 11) is 0. The van der Waals surface area contributed by atoms with Crippen LogP contribution < -0.4 is 0 Å². The topological polar surface area (TPSA) is 20.2 Å². The van der Waals surface area contributed by atoms with Crippen LogP contribution in [-0.2, 0) is 0 Å². The summed E-state index contributed by atoms with van der Waals surface area (Å²) in [6.45, 7) is 8.98. The van der Waals surface area contributed by atoms with Crippen LogP contribution in [0.2, 0.25) is 0 Å². The number of fused-ring (bicyclic) bond motifs is 1. The lowest BCUT2D eigenvalue weighted by Crippen LogP contribution is -2.17. The maximum absolute atomic E-state index is 9.87. The monoisotopic (exact) mass is 220 g/mol. The normalized spacial score (nSPS) is 39.1. The second-order valence-corrected chi connectivity index (χ2v) is 5.97. The number of hydrogen-bond acceptors (Lipinski definition) is 1. The summed E-state index contributed by atoms with van der Waals surface area (Å²) in [6.07, 6.45) is 5.30. The third-order valence-electron chi connectivity index (χ3n) is 4.56. The summed E-state index contributed by atoms with van der Waals surface area (Å²) in [5.41, 5.74) is 4.58. The number of allylic oxidation sites excluding steroid dienone is 3. The summed E-state index contributed by atoms with van der Waals surface area (Å²) in [5, 5.41) is 9.87. The summed E-state index contributed by atoms with van der Waals surface area (Å²) < 4.78 is 0. The van der Waals surface area contributed by atoms with Crippen molar-refractivity contribution in [3.63, 3.8) is 0 Å². The molecule has 0 heterocycles. The predicted molar refractivity (Wildman–Crippen MR) is 68.1 cm³/mol. The molecule has 1 heteroatoms. The van der Waals surface area contributed by atoms with Gasteiger partial charge in [-0.1, -0.05) is 29.7 Å². The summed E-state index contributed by atoms with van der Waals surface area (Å²) >= 11 is 0. The summed E-state index contributed by atoms with van der Waals surface area (Å²) in [6, 6.07) is 0. The van der Waals surface area contributed by atoms with Gasteiger partial charge in [0.05, 0.1) is 6.10 Å². The van der Waals surface area contributed by atoms with Crippen LogP contribution in [0, 0.1) is 17.8 Å². The molecule has 1 N–H and O–H groups in total. The molecule has 4 atom stereocenters. The highest BCUT2D eigenvalue weighted by Gasteiger charge is 2.37. The second-order valence-electron chi connectivity index (χ2n) is 5.97. The standard InChI is InChI=1S/C15H24O/c1-9(2)12-7-14-10(3)5-13(16)6-11(4)15(14)8-12/h5,11,13-16H,6-8H2,1-4H3. The van der Waals surface area contributed by atoms with E-state index in [9.17, 15) is 5.11 Å². The predicted octanol–water partition coefficient (Wildman–Crippen LogP) is 3.70. The third kappa shape index (κ3) is 2.10. The van der Waals surface area contributed by atoms with Crippen molar-refractivity contribution in [3.8, 4) is 0 Å². The van der Waals surface area contributed by atoms with E-state index in [0.29, 0.717) is 11.8 Å². The summed E-state index contributed by atoms with van der Waals surface area (Å²) in [4.78, 5) is 0. The van der Waals surface area contributed by atoms with Gasteiger partial charge >= 0.3 is 0 Å². The van der Waals surface area contributed by atoms with Crippen LogP contribution in [0.3, 0.4) is 0 Å². The van der Waals surface area contributed by atoms with Crippen LogP contribution in [0.1, 0.15) is 47.0 Å². The van der Waals surface area contributed by atoms with Crippen molar-refractivity contribution < 1.29 is 5.11 Å². The van der Waals surface area contributed by atoms with Gasteiger partial charge in [0.25, 0.3) is 0 Å². The van der Waals surface area contributed by atoms with Crippen LogP contribution in [0.4, 0.5) is 0 Å². The molecule has 0 aliphatic heterocycles. The Kier molecular flexibility index (Phi) is 3.25. The largest absolute Gasteiger partial charge is 0.389 e. The average molecular weight is 220 g/mol.